The average molecular weight is 237 g/mol. The van der Waals surface area contributed by atoms with Gasteiger partial charge in [-0.05, 0) is 51.7 Å². The molecule has 0 unspecified atom stereocenters. The van der Waals surface area contributed by atoms with E-state index in [0.717, 1.165) is 17.9 Å². The maximum atomic E-state index is 5.48. The number of ether oxygens (including phenoxy) is 1. The highest BCUT2D eigenvalue weighted by Gasteiger charge is 2.23. The fraction of sp³-hybridized carbons (Fsp3) is 0.615. The second kappa shape index (κ2) is 7.25. The summed E-state index contributed by atoms with van der Waals surface area (Å²) in [4.78, 5) is 6.22. The molecule has 0 aliphatic carbocycles. The highest BCUT2D eigenvalue weighted by molar-refractivity contribution is 5.32. The molecule has 0 aromatic rings. The van der Waals surface area contributed by atoms with Crippen molar-refractivity contribution in [3.8, 4) is 0 Å². The summed E-state index contributed by atoms with van der Waals surface area (Å²) in [5.74, 6) is 0.880. The minimum Gasteiger partial charge on any atom is -0.497 e. The molecule has 0 radical (unpaired) electrons. The summed E-state index contributed by atoms with van der Waals surface area (Å²) in [5, 5.41) is 0. The maximum Gasteiger partial charge on any atom is 0.0999 e. The number of likely N-dealkylation sites (N-methyl/N-ethyl adjacent to an activating group) is 1. The summed E-state index contributed by atoms with van der Waals surface area (Å²) in [6.45, 7) is 7.70. The molecular weight excluding hydrogens is 214 g/mol. The first kappa shape index (κ1) is 13.9. The highest BCUT2D eigenvalue weighted by atomic mass is 16.5. The van der Waals surface area contributed by atoms with Gasteiger partial charge in [-0.3, -0.25) is 9.89 Å². The topological polar surface area (TPSA) is 50.9 Å². The van der Waals surface area contributed by atoms with Gasteiger partial charge >= 0.3 is 0 Å². The van der Waals surface area contributed by atoms with Crippen LogP contribution in [0.5, 0.6) is 0 Å². The molecule has 1 aliphatic rings. The average Bonchev–Trinajstić information content (AvgIpc) is 2.72. The van der Waals surface area contributed by atoms with Crippen molar-refractivity contribution in [1.82, 2.24) is 4.90 Å². The summed E-state index contributed by atoms with van der Waals surface area (Å²) in [5.41, 5.74) is 6.57. The van der Waals surface area contributed by atoms with Gasteiger partial charge in [0.05, 0.1) is 12.4 Å². The summed E-state index contributed by atoms with van der Waals surface area (Å²) < 4.78 is 5.48. The molecule has 0 bridgehead atoms. The smallest absolute Gasteiger partial charge is 0.0999 e. The predicted molar refractivity (Wildman–Crippen MR) is 72.0 cm³/mol. The summed E-state index contributed by atoms with van der Waals surface area (Å²) in [6, 6.07) is 0.428. The Balaban J connectivity index is 2.72. The molecule has 17 heavy (non-hydrogen) atoms. The summed E-state index contributed by atoms with van der Waals surface area (Å²) in [7, 11) is 2.14. The zero-order chi connectivity index (χ0) is 12.7. The molecule has 4 heteroatoms. The van der Waals surface area contributed by atoms with E-state index in [4.69, 9.17) is 10.5 Å². The lowest BCUT2D eigenvalue weighted by molar-refractivity contribution is 0.222. The van der Waals surface area contributed by atoms with E-state index in [1.54, 1.807) is 0 Å². The van der Waals surface area contributed by atoms with Gasteiger partial charge in [-0.15, -0.1) is 0 Å². The van der Waals surface area contributed by atoms with Crippen LogP contribution in [-0.4, -0.2) is 44.4 Å². The highest BCUT2D eigenvalue weighted by Crippen LogP contribution is 2.23. The number of nitrogens with two attached hydrogens (primary N) is 1. The van der Waals surface area contributed by atoms with E-state index in [1.165, 1.54) is 12.8 Å². The number of nitrogens with zero attached hydrogens (tertiary/aromatic N) is 2. The van der Waals surface area contributed by atoms with Crippen LogP contribution in [0.2, 0.25) is 0 Å². The van der Waals surface area contributed by atoms with Gasteiger partial charge in [0.25, 0.3) is 0 Å². The molecule has 2 N–H and O–H groups in total. The Kier molecular flexibility index (Phi) is 5.94. The monoisotopic (exact) mass is 237 g/mol. The Morgan fingerprint density at radius 1 is 1.65 bits per heavy atom. The van der Waals surface area contributed by atoms with Crippen molar-refractivity contribution in [2.45, 2.75) is 25.8 Å². The molecule has 1 atom stereocenters. The first-order chi connectivity index (χ1) is 8.19. The quantitative estimate of drug-likeness (QED) is 0.433. The van der Waals surface area contributed by atoms with Crippen molar-refractivity contribution >= 4 is 6.72 Å². The van der Waals surface area contributed by atoms with Crippen LogP contribution in [0.3, 0.4) is 0 Å². The molecule has 96 valence electrons. The van der Waals surface area contributed by atoms with E-state index in [9.17, 15) is 0 Å². The SMILES string of the molecule is C=N/C=C(\C=C(/C)OCCN)[C@@H]1CCCN1C. The van der Waals surface area contributed by atoms with Crippen molar-refractivity contribution in [2.75, 3.05) is 26.7 Å². The van der Waals surface area contributed by atoms with Gasteiger partial charge in [0.15, 0.2) is 0 Å². The molecule has 1 rings (SSSR count). The first-order valence-corrected chi connectivity index (χ1v) is 6.06. The second-order valence-corrected chi connectivity index (χ2v) is 4.34. The predicted octanol–water partition coefficient (Wildman–Crippen LogP) is 1.54. The minimum absolute atomic E-state index is 0.428. The van der Waals surface area contributed by atoms with Crippen LogP contribution in [0, 0.1) is 0 Å². The molecule has 1 heterocycles. The molecule has 0 amide bonds. The fourth-order valence-electron chi connectivity index (χ4n) is 2.15. The lowest BCUT2D eigenvalue weighted by atomic mass is 10.1. The van der Waals surface area contributed by atoms with Crippen molar-refractivity contribution in [3.63, 3.8) is 0 Å². The third-order valence-corrected chi connectivity index (χ3v) is 2.96. The van der Waals surface area contributed by atoms with Crippen LogP contribution >= 0.6 is 0 Å². The molecule has 0 aromatic carbocycles. The molecule has 1 aliphatic heterocycles. The number of aliphatic imine (C=N–C) groups is 1. The number of allylic oxidation sites excluding steroid dienone is 1. The molecule has 1 saturated heterocycles. The van der Waals surface area contributed by atoms with Crippen LogP contribution in [0.15, 0.2) is 28.6 Å². The van der Waals surface area contributed by atoms with Crippen LogP contribution in [0.4, 0.5) is 0 Å². The molecular formula is C13H23N3O. The van der Waals surface area contributed by atoms with E-state index in [2.05, 4.69) is 23.7 Å². The summed E-state index contributed by atoms with van der Waals surface area (Å²) in [6.07, 6.45) is 6.25. The third-order valence-electron chi connectivity index (χ3n) is 2.96. The number of likely N-dealkylation sites (tertiary alicyclic amines) is 1. The van der Waals surface area contributed by atoms with Gasteiger partial charge in [0, 0.05) is 18.8 Å². The lowest BCUT2D eigenvalue weighted by Gasteiger charge is -2.20. The van der Waals surface area contributed by atoms with Gasteiger partial charge < -0.3 is 10.5 Å². The zero-order valence-electron chi connectivity index (χ0n) is 10.9. The Morgan fingerprint density at radius 2 is 2.41 bits per heavy atom. The van der Waals surface area contributed by atoms with Gasteiger partial charge in [0.2, 0.25) is 0 Å². The molecule has 0 spiro atoms. The van der Waals surface area contributed by atoms with E-state index >= 15 is 0 Å². The normalized spacial score (nSPS) is 22.9. The maximum absolute atomic E-state index is 5.48. The molecule has 4 nitrogen and oxygen atoms in total. The Labute approximate surface area is 104 Å². The van der Waals surface area contributed by atoms with Gasteiger partial charge in [-0.25, -0.2) is 0 Å². The van der Waals surface area contributed by atoms with E-state index in [0.29, 0.717) is 19.2 Å². The van der Waals surface area contributed by atoms with Crippen LogP contribution in [0.1, 0.15) is 19.8 Å². The van der Waals surface area contributed by atoms with Gasteiger partial charge in [-0.1, -0.05) is 0 Å². The Bertz CT molecular complexity index is 310. The van der Waals surface area contributed by atoms with Crippen molar-refractivity contribution in [2.24, 2.45) is 10.7 Å². The number of rotatable bonds is 6. The number of hydrogen-bond donors (Lipinski definition) is 1. The first-order valence-electron chi connectivity index (χ1n) is 6.06. The van der Waals surface area contributed by atoms with Crippen LogP contribution < -0.4 is 5.73 Å². The zero-order valence-corrected chi connectivity index (χ0v) is 10.9. The van der Waals surface area contributed by atoms with Crippen LogP contribution in [0.25, 0.3) is 0 Å². The molecule has 0 aromatic heterocycles. The van der Waals surface area contributed by atoms with Gasteiger partial charge in [0.1, 0.15) is 0 Å². The minimum atomic E-state index is 0.428. The third kappa shape index (κ3) is 4.32. The van der Waals surface area contributed by atoms with E-state index in [1.807, 2.05) is 19.2 Å². The molecule has 0 saturated carbocycles. The van der Waals surface area contributed by atoms with E-state index < -0.39 is 0 Å². The van der Waals surface area contributed by atoms with Crippen LogP contribution in [-0.2, 0) is 4.74 Å². The summed E-state index contributed by atoms with van der Waals surface area (Å²) >= 11 is 0. The number of hydrogen-bond acceptors (Lipinski definition) is 4. The Hall–Kier alpha value is -1.13. The fourth-order valence-corrected chi connectivity index (χ4v) is 2.15. The lowest BCUT2D eigenvalue weighted by Crippen LogP contribution is -2.26. The van der Waals surface area contributed by atoms with Gasteiger partial charge in [-0.2, -0.15) is 0 Å². The van der Waals surface area contributed by atoms with Crippen molar-refractivity contribution < 1.29 is 4.74 Å². The Morgan fingerprint density at radius 3 is 2.94 bits per heavy atom. The molecule has 1 fully saturated rings. The van der Waals surface area contributed by atoms with Crippen molar-refractivity contribution in [1.29, 1.82) is 0 Å². The second-order valence-electron chi connectivity index (χ2n) is 4.34. The largest absolute Gasteiger partial charge is 0.497 e. The van der Waals surface area contributed by atoms with Crippen molar-refractivity contribution in [3.05, 3.63) is 23.6 Å². The standard InChI is InChI=1S/C13H23N3O/c1-11(17-8-6-14)9-12(10-15-2)13-5-4-7-16(13)3/h9-10,13H,2,4-8,14H2,1,3H3/b11-9+,12-10+/t13-/m0/s1. The van der Waals surface area contributed by atoms with E-state index in [-0.39, 0.29) is 0 Å².